The van der Waals surface area contributed by atoms with E-state index < -0.39 is 12.3 Å². The van der Waals surface area contributed by atoms with E-state index in [1.54, 1.807) is 7.05 Å². The van der Waals surface area contributed by atoms with Crippen LogP contribution in [0.4, 0.5) is 8.78 Å². The van der Waals surface area contributed by atoms with Gasteiger partial charge in [-0.05, 0) is 55.8 Å². The van der Waals surface area contributed by atoms with Gasteiger partial charge in [0.1, 0.15) is 0 Å². The molecular formula is C13H19F2NO. The Morgan fingerprint density at radius 1 is 1.06 bits per heavy atom. The molecule has 2 nitrogen and oxygen atoms in total. The summed E-state index contributed by atoms with van der Waals surface area (Å²) < 4.78 is 25.0. The second-order valence-electron chi connectivity index (χ2n) is 6.17. The summed E-state index contributed by atoms with van der Waals surface area (Å²) in [5, 5.41) is 0. The Bertz CT molecular complexity index is 303. The summed E-state index contributed by atoms with van der Waals surface area (Å²) in [7, 11) is 1.57. The Labute approximate surface area is 100 Å². The molecule has 4 aliphatic rings. The van der Waals surface area contributed by atoms with Gasteiger partial charge in [-0.1, -0.05) is 0 Å². The third kappa shape index (κ3) is 1.76. The standard InChI is InChI=1S/C13H19F2NO/c1-16(13(17)12(14)15)11-9-3-7-2-8(5-9)6-10(11)4-7/h7-12H,2-6H2,1H3. The lowest BCUT2D eigenvalue weighted by Gasteiger charge is -2.56. The molecule has 0 unspecified atom stereocenters. The fraction of sp³-hybridized carbons (Fsp3) is 0.923. The molecule has 4 fully saturated rings. The summed E-state index contributed by atoms with van der Waals surface area (Å²) in [5.74, 6) is 1.60. The SMILES string of the molecule is CN(C(=O)C(F)F)C1C2CC3CC(C2)CC1C3. The number of nitrogens with zero attached hydrogens (tertiary/aromatic N) is 1. The van der Waals surface area contributed by atoms with Crippen LogP contribution in [-0.4, -0.2) is 30.3 Å². The number of alkyl halides is 2. The molecule has 0 saturated heterocycles. The molecule has 0 spiro atoms. The fourth-order valence-electron chi connectivity index (χ4n) is 4.83. The van der Waals surface area contributed by atoms with Crippen LogP contribution >= 0.6 is 0 Å². The minimum absolute atomic E-state index is 0.0873. The number of hydrogen-bond acceptors (Lipinski definition) is 1. The van der Waals surface area contributed by atoms with Crippen LogP contribution in [-0.2, 0) is 4.79 Å². The normalized spacial score (nSPS) is 43.2. The second-order valence-corrected chi connectivity index (χ2v) is 6.17. The maximum absolute atomic E-state index is 12.5. The van der Waals surface area contributed by atoms with Gasteiger partial charge in [0, 0.05) is 13.1 Å². The third-order valence-corrected chi connectivity index (χ3v) is 5.16. The summed E-state index contributed by atoms with van der Waals surface area (Å²) >= 11 is 0. The zero-order valence-electron chi connectivity index (χ0n) is 10.1. The summed E-state index contributed by atoms with van der Waals surface area (Å²) in [6.07, 6.45) is 3.09. The van der Waals surface area contributed by atoms with E-state index >= 15 is 0 Å². The summed E-state index contributed by atoms with van der Waals surface area (Å²) in [4.78, 5) is 12.8. The van der Waals surface area contributed by atoms with Crippen LogP contribution in [0.1, 0.15) is 32.1 Å². The van der Waals surface area contributed by atoms with Crippen molar-refractivity contribution >= 4 is 5.91 Å². The van der Waals surface area contributed by atoms with Crippen molar-refractivity contribution in [2.24, 2.45) is 23.7 Å². The first-order valence-corrected chi connectivity index (χ1v) is 6.61. The molecule has 0 radical (unpaired) electrons. The highest BCUT2D eigenvalue weighted by atomic mass is 19.3. The van der Waals surface area contributed by atoms with E-state index in [4.69, 9.17) is 0 Å². The lowest BCUT2D eigenvalue weighted by Crippen LogP contribution is -2.57. The van der Waals surface area contributed by atoms with Crippen LogP contribution < -0.4 is 0 Å². The Hall–Kier alpha value is -0.670. The number of hydrogen-bond donors (Lipinski definition) is 0. The van der Waals surface area contributed by atoms with Gasteiger partial charge in [0.15, 0.2) is 0 Å². The highest BCUT2D eigenvalue weighted by Crippen LogP contribution is 2.55. The molecule has 1 amide bonds. The van der Waals surface area contributed by atoms with Gasteiger partial charge in [0.05, 0.1) is 0 Å². The molecule has 4 aliphatic carbocycles. The molecule has 0 heterocycles. The van der Waals surface area contributed by atoms with E-state index in [9.17, 15) is 13.6 Å². The van der Waals surface area contributed by atoms with Crippen molar-refractivity contribution in [2.75, 3.05) is 7.05 Å². The molecular weight excluding hydrogens is 224 g/mol. The molecule has 4 bridgehead atoms. The van der Waals surface area contributed by atoms with Crippen molar-refractivity contribution < 1.29 is 13.6 Å². The minimum atomic E-state index is -2.85. The highest BCUT2D eigenvalue weighted by molar-refractivity contribution is 5.79. The van der Waals surface area contributed by atoms with Gasteiger partial charge >= 0.3 is 6.43 Å². The van der Waals surface area contributed by atoms with Crippen LogP contribution in [0.5, 0.6) is 0 Å². The van der Waals surface area contributed by atoms with E-state index in [-0.39, 0.29) is 6.04 Å². The maximum atomic E-state index is 12.5. The van der Waals surface area contributed by atoms with Crippen molar-refractivity contribution in [3.63, 3.8) is 0 Å². The Balaban J connectivity index is 1.77. The van der Waals surface area contributed by atoms with Crippen molar-refractivity contribution in [2.45, 2.75) is 44.6 Å². The van der Waals surface area contributed by atoms with Crippen molar-refractivity contribution in [3.05, 3.63) is 0 Å². The second kappa shape index (κ2) is 3.92. The molecule has 0 N–H and O–H groups in total. The Kier molecular flexibility index (Phi) is 2.64. The fourth-order valence-corrected chi connectivity index (χ4v) is 4.83. The molecule has 4 saturated carbocycles. The first-order valence-electron chi connectivity index (χ1n) is 6.61. The van der Waals surface area contributed by atoms with E-state index in [2.05, 4.69) is 0 Å². The topological polar surface area (TPSA) is 20.3 Å². The van der Waals surface area contributed by atoms with Gasteiger partial charge in [-0.15, -0.1) is 0 Å². The van der Waals surface area contributed by atoms with Crippen molar-refractivity contribution in [1.29, 1.82) is 0 Å². The lowest BCUT2D eigenvalue weighted by atomic mass is 9.54. The van der Waals surface area contributed by atoms with Crippen molar-refractivity contribution in [3.8, 4) is 0 Å². The number of amides is 1. The molecule has 96 valence electrons. The molecule has 0 atom stereocenters. The number of halogens is 2. The van der Waals surface area contributed by atoms with Crippen LogP contribution in [0.25, 0.3) is 0 Å². The van der Waals surface area contributed by atoms with Gasteiger partial charge in [0.2, 0.25) is 0 Å². The molecule has 4 rings (SSSR count). The zero-order chi connectivity index (χ0) is 12.2. The van der Waals surface area contributed by atoms with Gasteiger partial charge in [-0.25, -0.2) is 0 Å². The van der Waals surface area contributed by atoms with E-state index in [0.717, 1.165) is 37.5 Å². The van der Waals surface area contributed by atoms with Crippen LogP contribution in [0.3, 0.4) is 0 Å². The van der Waals surface area contributed by atoms with Crippen LogP contribution in [0.2, 0.25) is 0 Å². The monoisotopic (exact) mass is 243 g/mol. The van der Waals surface area contributed by atoms with Gasteiger partial charge in [-0.3, -0.25) is 4.79 Å². The van der Waals surface area contributed by atoms with Gasteiger partial charge in [-0.2, -0.15) is 8.78 Å². The van der Waals surface area contributed by atoms with Crippen LogP contribution in [0, 0.1) is 23.7 Å². The van der Waals surface area contributed by atoms with E-state index in [1.165, 1.54) is 11.3 Å². The molecule has 17 heavy (non-hydrogen) atoms. The molecule has 0 aromatic rings. The van der Waals surface area contributed by atoms with E-state index in [0.29, 0.717) is 11.8 Å². The summed E-state index contributed by atoms with van der Waals surface area (Å²) in [6, 6.07) is 0.0873. The van der Waals surface area contributed by atoms with Gasteiger partial charge < -0.3 is 4.90 Å². The molecule has 4 heteroatoms. The lowest BCUT2D eigenvalue weighted by molar-refractivity contribution is -0.152. The average molecular weight is 243 g/mol. The quantitative estimate of drug-likeness (QED) is 0.730. The van der Waals surface area contributed by atoms with Gasteiger partial charge in [0.25, 0.3) is 5.91 Å². The first-order chi connectivity index (χ1) is 8.06. The molecule has 0 aromatic carbocycles. The smallest absolute Gasteiger partial charge is 0.315 e. The maximum Gasteiger partial charge on any atom is 0.315 e. The molecule has 0 aromatic heterocycles. The molecule has 0 aliphatic heterocycles. The average Bonchev–Trinajstić information content (AvgIpc) is 2.26. The number of rotatable bonds is 2. The summed E-state index contributed by atoms with van der Waals surface area (Å²) in [6.45, 7) is 0. The predicted molar refractivity (Wildman–Crippen MR) is 59.6 cm³/mol. The minimum Gasteiger partial charge on any atom is -0.337 e. The third-order valence-electron chi connectivity index (χ3n) is 5.16. The Morgan fingerprint density at radius 3 is 1.94 bits per heavy atom. The van der Waals surface area contributed by atoms with Crippen LogP contribution in [0.15, 0.2) is 0 Å². The number of carbonyl (C=O) groups excluding carboxylic acids is 1. The zero-order valence-corrected chi connectivity index (χ0v) is 10.1. The largest absolute Gasteiger partial charge is 0.337 e. The van der Waals surface area contributed by atoms with E-state index in [1.807, 2.05) is 0 Å². The summed E-state index contributed by atoms with van der Waals surface area (Å²) in [5.41, 5.74) is 0. The predicted octanol–water partition coefficient (Wildman–Crippen LogP) is 2.53. The van der Waals surface area contributed by atoms with Crippen molar-refractivity contribution in [1.82, 2.24) is 4.90 Å². The first kappa shape index (κ1) is 11.4. The number of carbonyl (C=O) groups is 1. The Morgan fingerprint density at radius 2 is 1.53 bits per heavy atom. The highest BCUT2D eigenvalue weighted by Gasteiger charge is 2.50.